The van der Waals surface area contributed by atoms with Crippen LogP contribution in [0.5, 0.6) is 0 Å². The van der Waals surface area contributed by atoms with Crippen LogP contribution in [-0.2, 0) is 70.6 Å². The minimum absolute atomic E-state index is 0. The summed E-state index contributed by atoms with van der Waals surface area (Å²) in [5.74, 6) is 0. The van der Waals surface area contributed by atoms with Crippen LogP contribution < -0.4 is 197 Å². The van der Waals surface area contributed by atoms with Crippen LogP contribution in [0.3, 0.4) is 0 Å². The van der Waals surface area contributed by atoms with E-state index < -0.39 is 50.2 Å². The van der Waals surface area contributed by atoms with E-state index in [-0.39, 0.29) is 174 Å². The van der Waals surface area contributed by atoms with Crippen molar-refractivity contribution in [1.82, 2.24) is 12.3 Å². The molecule has 14 nitrogen and oxygen atoms in total. The predicted octanol–water partition coefficient (Wildman–Crippen LogP) is -19.1. The fraction of sp³-hybridized carbons (Fsp3) is 0. The molecule has 0 aromatic rings. The summed E-state index contributed by atoms with van der Waals surface area (Å²) in [6.45, 7) is 0. The molecule has 0 aromatic heterocycles. The van der Waals surface area contributed by atoms with E-state index >= 15 is 0 Å². The van der Waals surface area contributed by atoms with Gasteiger partial charge in [0, 0.05) is 0 Å². The molecule has 0 aliphatic heterocycles. The van der Waals surface area contributed by atoms with Crippen molar-refractivity contribution in [3.63, 3.8) is 0 Å². The van der Waals surface area contributed by atoms with Crippen LogP contribution in [0.25, 0.3) is 0 Å². The normalized spacial score (nSPS) is 8.29. The van der Waals surface area contributed by atoms with E-state index in [0.29, 0.717) is 0 Å². The maximum atomic E-state index is 8.65. The molecule has 0 radical (unpaired) electrons. The van der Waals surface area contributed by atoms with Crippen LogP contribution in [0.15, 0.2) is 0 Å². The third kappa shape index (κ3) is 433. The Morgan fingerprint density at radius 3 is 0.429 bits per heavy atom. The predicted molar refractivity (Wildman–Crippen MR) is 16.1 cm³/mol. The molecule has 0 spiro atoms. The van der Waals surface area contributed by atoms with Crippen molar-refractivity contribution in [2.45, 2.75) is 0 Å². The average Bonchev–Trinajstić information content (AvgIpc) is 1.41. The minimum atomic E-state index is -6.17. The summed E-state index contributed by atoms with van der Waals surface area (Å²) in [4.78, 5) is 0. The molecular formula is H8K2N2Na2O12W3. The van der Waals surface area contributed by atoms with Gasteiger partial charge in [-0.1, -0.05) is 0 Å². The zero-order chi connectivity index (χ0) is 13.5. The van der Waals surface area contributed by atoms with Gasteiger partial charge in [0.2, 0.25) is 0 Å². The molecule has 0 heterocycles. The molecule has 0 unspecified atom stereocenters. The summed E-state index contributed by atoms with van der Waals surface area (Å²) in [5.41, 5.74) is 0. The van der Waals surface area contributed by atoms with Crippen LogP contribution in [0.2, 0.25) is 0 Å². The summed E-state index contributed by atoms with van der Waals surface area (Å²) in [6.07, 6.45) is 0. The Bertz CT molecular complexity index is 359. The Morgan fingerprint density at radius 2 is 0.429 bits per heavy atom. The van der Waals surface area contributed by atoms with Crippen molar-refractivity contribution in [3.8, 4) is 0 Å². The van der Waals surface area contributed by atoms with Gasteiger partial charge in [-0.05, 0) is 0 Å². The maximum absolute atomic E-state index is 8.65. The molecule has 0 fully saturated rings. The molecule has 0 aliphatic carbocycles. The first-order valence-corrected chi connectivity index (χ1v) is 16.4. The van der Waals surface area contributed by atoms with Gasteiger partial charge in [-0.2, -0.15) is 0 Å². The molecule has 0 atom stereocenters. The molecule has 0 aromatic carbocycles. The Kier molecular flexibility index (Phi) is 75.2. The summed E-state index contributed by atoms with van der Waals surface area (Å²) < 4.78 is 104. The molecule has 0 aliphatic rings. The van der Waals surface area contributed by atoms with Crippen LogP contribution >= 0.6 is 0 Å². The number of rotatable bonds is 0. The molecular weight excluding hydrogens is 896 g/mol. The fourth-order valence-corrected chi connectivity index (χ4v) is 0. The van der Waals surface area contributed by atoms with Crippen molar-refractivity contribution in [3.05, 3.63) is 0 Å². The van der Waals surface area contributed by atoms with Gasteiger partial charge < -0.3 is 12.3 Å². The topological polar surface area (TPSA) is 314 Å². The first-order chi connectivity index (χ1) is 6.00. The zero-order valence-corrected chi connectivity index (χ0v) is 31.2. The Labute approximate surface area is 260 Å². The molecule has 0 amide bonds. The van der Waals surface area contributed by atoms with Gasteiger partial charge >= 0.3 is 255 Å². The summed E-state index contributed by atoms with van der Waals surface area (Å²) in [6, 6.07) is 0. The van der Waals surface area contributed by atoms with Crippen molar-refractivity contribution in [2.75, 3.05) is 0 Å². The molecule has 0 saturated carbocycles. The number of quaternary nitrogens is 2. The monoisotopic (exact) mass is 904 g/mol. The first kappa shape index (κ1) is 56.3. The molecule has 8 N–H and O–H groups in total. The Hall–Kier alpha value is 5.82. The molecule has 0 bridgehead atoms. The van der Waals surface area contributed by atoms with E-state index in [0.717, 1.165) is 0 Å². The summed E-state index contributed by atoms with van der Waals surface area (Å²) in [5, 5.41) is 0. The van der Waals surface area contributed by atoms with Gasteiger partial charge in [0.25, 0.3) is 0 Å². The van der Waals surface area contributed by atoms with Gasteiger partial charge in [0.15, 0.2) is 0 Å². The second-order valence-corrected chi connectivity index (χ2v) is 10.0. The second-order valence-electron chi connectivity index (χ2n) is 1.22. The second kappa shape index (κ2) is 28.0. The van der Waals surface area contributed by atoms with Crippen LogP contribution in [-0.4, -0.2) is 0 Å². The van der Waals surface area contributed by atoms with Gasteiger partial charge in [-0.15, -0.1) is 0 Å². The third-order valence-corrected chi connectivity index (χ3v) is 0. The molecule has 21 heteroatoms. The molecule has 0 saturated heterocycles. The molecule has 21 heavy (non-hydrogen) atoms. The van der Waals surface area contributed by atoms with E-state index in [1.54, 1.807) is 0 Å². The average molecular weight is 904 g/mol. The van der Waals surface area contributed by atoms with Gasteiger partial charge in [-0.25, -0.2) is 0 Å². The van der Waals surface area contributed by atoms with Crippen LogP contribution in [0.4, 0.5) is 0 Å². The third-order valence-electron chi connectivity index (χ3n) is 0. The van der Waals surface area contributed by atoms with E-state index in [2.05, 4.69) is 0 Å². The number of hydrogen-bond donors (Lipinski definition) is 2. The van der Waals surface area contributed by atoms with Crippen molar-refractivity contribution in [2.24, 2.45) is 0 Å². The Balaban J connectivity index is -0.0000000129. The van der Waals surface area contributed by atoms with E-state index in [1.807, 2.05) is 0 Å². The van der Waals surface area contributed by atoms with E-state index in [9.17, 15) is 0 Å². The molecule has 0 rings (SSSR count). The SMILES string of the molecule is [K+].[K+].[NH4+].[NH4+].[Na+].[Na+].[O]=[W](=[O])([O-])[O-].[O]=[W](=[O])([O-])[O-].[O]=[W](=[O])([O-])[O-]. The summed E-state index contributed by atoms with van der Waals surface area (Å²) >= 11 is -18.5. The van der Waals surface area contributed by atoms with Crippen LogP contribution in [0, 0.1) is 0 Å². The zero-order valence-electron chi connectivity index (χ0n) is 12.1. The van der Waals surface area contributed by atoms with Gasteiger partial charge in [0.1, 0.15) is 0 Å². The van der Waals surface area contributed by atoms with Crippen LogP contribution in [0.1, 0.15) is 0 Å². The van der Waals surface area contributed by atoms with Crippen molar-refractivity contribution in [1.29, 1.82) is 0 Å². The molecule has 112 valence electrons. The fourth-order valence-electron chi connectivity index (χ4n) is 0. The van der Waals surface area contributed by atoms with Gasteiger partial charge in [0.05, 0.1) is 0 Å². The van der Waals surface area contributed by atoms with E-state index in [1.165, 1.54) is 0 Å². The van der Waals surface area contributed by atoms with E-state index in [4.69, 9.17) is 42.9 Å². The summed E-state index contributed by atoms with van der Waals surface area (Å²) in [7, 11) is 0. The Morgan fingerprint density at radius 1 is 0.429 bits per heavy atom. The van der Waals surface area contributed by atoms with Crippen molar-refractivity contribution >= 4 is 0 Å². The standard InChI is InChI=1S/2K.2H3N.2Na.12O.3W/h;;2*1H3;;;;;;;;;;;;;;;;;/q2*+1;;;2*+1;;;;;;;6*-1;;;/p+2. The van der Waals surface area contributed by atoms with Gasteiger partial charge in [-0.3, -0.25) is 0 Å². The number of hydrogen-bond acceptors (Lipinski definition) is 12. The quantitative estimate of drug-likeness (QED) is 0.214. The first-order valence-electron chi connectivity index (χ1n) is 2.00. The van der Waals surface area contributed by atoms with Crippen molar-refractivity contribution < 1.29 is 255 Å².